The van der Waals surface area contributed by atoms with Crippen LogP contribution in [0.2, 0.25) is 0 Å². The average molecular weight is 335 g/mol. The van der Waals surface area contributed by atoms with Crippen molar-refractivity contribution in [2.45, 2.75) is 19.8 Å². The van der Waals surface area contributed by atoms with Crippen molar-refractivity contribution in [1.29, 1.82) is 0 Å². The Morgan fingerprint density at radius 2 is 1.60 bits per heavy atom. The minimum Gasteiger partial charge on any atom is -0.206 e. The lowest BCUT2D eigenvalue weighted by molar-refractivity contribution is 0.573. The fourth-order valence-corrected chi connectivity index (χ4v) is 2.11. The second-order valence-electron chi connectivity index (χ2n) is 4.44. The molecule has 3 heteroatoms. The summed E-state index contributed by atoms with van der Waals surface area (Å²) in [5.74, 6) is 4.14. The van der Waals surface area contributed by atoms with E-state index < -0.39 is 11.6 Å². The van der Waals surface area contributed by atoms with E-state index >= 15 is 0 Å². The summed E-state index contributed by atoms with van der Waals surface area (Å²) >= 11 is 3.32. The molecule has 0 aromatic heterocycles. The van der Waals surface area contributed by atoms with E-state index in [1.165, 1.54) is 12.1 Å². The Balaban J connectivity index is 2.32. The first-order valence-electron chi connectivity index (χ1n) is 6.35. The second kappa shape index (κ2) is 6.67. The predicted octanol–water partition coefficient (Wildman–Crippen LogP) is 5.08. The fourth-order valence-electron chi connectivity index (χ4n) is 1.85. The van der Waals surface area contributed by atoms with E-state index in [1.807, 2.05) is 19.1 Å². The van der Waals surface area contributed by atoms with Crippen molar-refractivity contribution in [1.82, 2.24) is 0 Å². The number of benzene rings is 2. The molecule has 0 N–H and O–H groups in total. The SMILES string of the molecule is CCCc1cc(F)c(C#Cc2ccc(Br)cc2)c(F)c1. The maximum atomic E-state index is 13.9. The van der Waals surface area contributed by atoms with Gasteiger partial charge in [0.05, 0.1) is 5.56 Å². The average Bonchev–Trinajstić information content (AvgIpc) is 2.40. The quantitative estimate of drug-likeness (QED) is 0.672. The summed E-state index contributed by atoms with van der Waals surface area (Å²) in [7, 11) is 0. The van der Waals surface area contributed by atoms with Crippen molar-refractivity contribution in [3.63, 3.8) is 0 Å². The minimum absolute atomic E-state index is 0.173. The Morgan fingerprint density at radius 1 is 1.00 bits per heavy atom. The molecule has 102 valence electrons. The first kappa shape index (κ1) is 14.7. The summed E-state index contributed by atoms with van der Waals surface area (Å²) in [6.45, 7) is 1.97. The van der Waals surface area contributed by atoms with Gasteiger partial charge in [0.2, 0.25) is 0 Å². The van der Waals surface area contributed by atoms with Crippen molar-refractivity contribution in [2.24, 2.45) is 0 Å². The molecule has 0 spiro atoms. The summed E-state index contributed by atoms with van der Waals surface area (Å²) in [6, 6.07) is 9.97. The zero-order valence-electron chi connectivity index (χ0n) is 11.0. The van der Waals surface area contributed by atoms with Gasteiger partial charge in [0, 0.05) is 10.0 Å². The molecule has 0 fully saturated rings. The van der Waals surface area contributed by atoms with Crippen molar-refractivity contribution in [2.75, 3.05) is 0 Å². The number of aryl methyl sites for hydroxylation is 1. The Bertz CT molecular complexity index is 641. The smallest absolute Gasteiger partial charge is 0.142 e. The third-order valence-corrected chi connectivity index (χ3v) is 3.35. The Kier molecular flexibility index (Phi) is 4.92. The molecule has 0 aliphatic heterocycles. The van der Waals surface area contributed by atoms with Gasteiger partial charge in [-0.3, -0.25) is 0 Å². The standard InChI is InChI=1S/C17H13BrF2/c1-2-3-13-10-16(19)15(17(20)11-13)9-6-12-4-7-14(18)8-5-12/h4-5,7-8,10-11H,2-3H2,1H3. The molecule has 0 nitrogen and oxygen atoms in total. The highest BCUT2D eigenvalue weighted by Gasteiger charge is 2.08. The van der Waals surface area contributed by atoms with E-state index in [9.17, 15) is 8.78 Å². The third kappa shape index (κ3) is 3.68. The van der Waals surface area contributed by atoms with E-state index in [4.69, 9.17) is 0 Å². The van der Waals surface area contributed by atoms with Crippen LogP contribution in [0.3, 0.4) is 0 Å². The Hall–Kier alpha value is -1.66. The maximum absolute atomic E-state index is 13.9. The van der Waals surface area contributed by atoms with Crippen LogP contribution in [-0.4, -0.2) is 0 Å². The lowest BCUT2D eigenvalue weighted by atomic mass is 10.1. The molecule has 0 bridgehead atoms. The highest BCUT2D eigenvalue weighted by Crippen LogP contribution is 2.16. The zero-order chi connectivity index (χ0) is 14.5. The predicted molar refractivity (Wildman–Crippen MR) is 80.5 cm³/mol. The topological polar surface area (TPSA) is 0 Å². The van der Waals surface area contributed by atoms with Crippen LogP contribution in [0.15, 0.2) is 40.9 Å². The van der Waals surface area contributed by atoms with Crippen LogP contribution in [-0.2, 0) is 6.42 Å². The molecule has 2 aromatic carbocycles. The van der Waals surface area contributed by atoms with Crippen molar-refractivity contribution < 1.29 is 8.78 Å². The first-order chi connectivity index (χ1) is 9.60. The molecule has 0 saturated heterocycles. The number of halogens is 3. The van der Waals surface area contributed by atoms with Gasteiger partial charge in [-0.2, -0.15) is 0 Å². The lowest BCUT2D eigenvalue weighted by Crippen LogP contribution is -1.94. The second-order valence-corrected chi connectivity index (χ2v) is 5.36. The van der Waals surface area contributed by atoms with Gasteiger partial charge >= 0.3 is 0 Å². The minimum atomic E-state index is -0.599. The van der Waals surface area contributed by atoms with E-state index in [0.717, 1.165) is 10.9 Å². The largest absolute Gasteiger partial charge is 0.206 e. The van der Waals surface area contributed by atoms with E-state index in [2.05, 4.69) is 27.8 Å². The van der Waals surface area contributed by atoms with Gasteiger partial charge < -0.3 is 0 Å². The highest BCUT2D eigenvalue weighted by molar-refractivity contribution is 9.10. The summed E-state index contributed by atoms with van der Waals surface area (Å²) in [5, 5.41) is 0. The normalized spacial score (nSPS) is 10.0. The fraction of sp³-hybridized carbons (Fsp3) is 0.176. The van der Waals surface area contributed by atoms with Crippen LogP contribution in [0.25, 0.3) is 0 Å². The van der Waals surface area contributed by atoms with Crippen LogP contribution < -0.4 is 0 Å². The van der Waals surface area contributed by atoms with Gasteiger partial charge in [-0.15, -0.1) is 0 Å². The van der Waals surface area contributed by atoms with E-state index in [0.29, 0.717) is 17.5 Å². The highest BCUT2D eigenvalue weighted by atomic mass is 79.9. The van der Waals surface area contributed by atoms with Crippen LogP contribution in [0, 0.1) is 23.5 Å². The van der Waals surface area contributed by atoms with Crippen LogP contribution in [0.5, 0.6) is 0 Å². The van der Waals surface area contributed by atoms with Crippen LogP contribution in [0.1, 0.15) is 30.0 Å². The molecular formula is C17H13BrF2. The molecular weight excluding hydrogens is 322 g/mol. The Morgan fingerprint density at radius 3 is 2.15 bits per heavy atom. The number of hydrogen-bond acceptors (Lipinski definition) is 0. The molecule has 2 aromatic rings. The number of hydrogen-bond donors (Lipinski definition) is 0. The summed E-state index contributed by atoms with van der Waals surface area (Å²) in [5.41, 5.74) is 1.20. The van der Waals surface area contributed by atoms with Gasteiger partial charge in [-0.05, 0) is 48.4 Å². The molecule has 0 unspecified atom stereocenters. The van der Waals surface area contributed by atoms with Crippen LogP contribution >= 0.6 is 15.9 Å². The Labute approximate surface area is 126 Å². The monoisotopic (exact) mass is 334 g/mol. The summed E-state index contributed by atoms with van der Waals surface area (Å²) in [4.78, 5) is 0. The molecule has 0 saturated carbocycles. The van der Waals surface area contributed by atoms with Crippen molar-refractivity contribution in [3.8, 4) is 11.8 Å². The molecule has 2 rings (SSSR count). The molecule has 0 aliphatic rings. The zero-order valence-corrected chi connectivity index (χ0v) is 12.6. The number of rotatable bonds is 2. The van der Waals surface area contributed by atoms with E-state index in [1.54, 1.807) is 12.1 Å². The van der Waals surface area contributed by atoms with Crippen molar-refractivity contribution in [3.05, 3.63) is 69.2 Å². The van der Waals surface area contributed by atoms with Gasteiger partial charge in [-0.1, -0.05) is 41.1 Å². The van der Waals surface area contributed by atoms with Gasteiger partial charge in [0.15, 0.2) is 0 Å². The molecule has 20 heavy (non-hydrogen) atoms. The first-order valence-corrected chi connectivity index (χ1v) is 7.15. The molecule has 0 atom stereocenters. The third-order valence-electron chi connectivity index (χ3n) is 2.82. The molecule has 0 radical (unpaired) electrons. The van der Waals surface area contributed by atoms with Gasteiger partial charge in [0.25, 0.3) is 0 Å². The van der Waals surface area contributed by atoms with Crippen molar-refractivity contribution >= 4 is 15.9 Å². The summed E-state index contributed by atoms with van der Waals surface area (Å²) < 4.78 is 28.6. The molecule has 0 aliphatic carbocycles. The lowest BCUT2D eigenvalue weighted by Gasteiger charge is -2.02. The molecule has 0 heterocycles. The van der Waals surface area contributed by atoms with E-state index in [-0.39, 0.29) is 5.56 Å². The van der Waals surface area contributed by atoms with Gasteiger partial charge in [0.1, 0.15) is 11.6 Å². The summed E-state index contributed by atoms with van der Waals surface area (Å²) in [6.07, 6.45) is 1.51. The van der Waals surface area contributed by atoms with Gasteiger partial charge in [-0.25, -0.2) is 8.78 Å². The van der Waals surface area contributed by atoms with Crippen LogP contribution in [0.4, 0.5) is 8.78 Å². The molecule has 0 amide bonds. The maximum Gasteiger partial charge on any atom is 0.142 e.